The van der Waals surface area contributed by atoms with Crippen LogP contribution in [0.25, 0.3) is 0 Å². The lowest BCUT2D eigenvalue weighted by atomic mass is 9.80. The summed E-state index contributed by atoms with van der Waals surface area (Å²) in [5, 5.41) is 9.61. The smallest absolute Gasteiger partial charge is 0.0603 e. The first-order valence-electron chi connectivity index (χ1n) is 4.38. The Labute approximate surface area is 87.9 Å². The van der Waals surface area contributed by atoms with Crippen LogP contribution in [0.2, 0.25) is 0 Å². The molecule has 1 unspecified atom stereocenters. The van der Waals surface area contributed by atoms with E-state index in [9.17, 15) is 5.11 Å². The zero-order chi connectivity index (χ0) is 10.1. The van der Waals surface area contributed by atoms with Crippen LogP contribution in [0.15, 0.2) is 28.7 Å². The normalized spacial score (nSPS) is 14.2. The molecule has 13 heavy (non-hydrogen) atoms. The summed E-state index contributed by atoms with van der Waals surface area (Å²) >= 11 is 3.42. The van der Waals surface area contributed by atoms with Gasteiger partial charge in [-0.15, -0.1) is 0 Å². The monoisotopic (exact) mass is 242 g/mol. The summed E-state index contributed by atoms with van der Waals surface area (Å²) < 4.78 is 1.05. The van der Waals surface area contributed by atoms with Crippen molar-refractivity contribution >= 4 is 15.9 Å². The SMILES string of the molecule is CC(O)C(C)(C)c1cccc(Br)c1. The molecule has 1 rings (SSSR count). The fraction of sp³-hybridized carbons (Fsp3) is 0.455. The minimum Gasteiger partial charge on any atom is -0.393 e. The number of benzene rings is 1. The highest BCUT2D eigenvalue weighted by Gasteiger charge is 2.26. The van der Waals surface area contributed by atoms with Crippen molar-refractivity contribution < 1.29 is 5.11 Å². The maximum atomic E-state index is 9.61. The van der Waals surface area contributed by atoms with E-state index in [0.717, 1.165) is 10.0 Å². The molecule has 0 aliphatic rings. The molecule has 0 aliphatic carbocycles. The molecule has 0 spiro atoms. The molecule has 1 aromatic carbocycles. The van der Waals surface area contributed by atoms with Gasteiger partial charge in [0.15, 0.2) is 0 Å². The summed E-state index contributed by atoms with van der Waals surface area (Å²) in [7, 11) is 0. The van der Waals surface area contributed by atoms with Crippen LogP contribution in [0.4, 0.5) is 0 Å². The zero-order valence-corrected chi connectivity index (χ0v) is 9.80. The molecule has 1 N–H and O–H groups in total. The molecule has 0 fully saturated rings. The Morgan fingerprint density at radius 3 is 2.46 bits per heavy atom. The second-order valence-corrected chi connectivity index (χ2v) is 4.82. The Balaban J connectivity index is 3.07. The average molecular weight is 243 g/mol. The van der Waals surface area contributed by atoms with E-state index in [1.165, 1.54) is 0 Å². The van der Waals surface area contributed by atoms with E-state index in [2.05, 4.69) is 15.9 Å². The quantitative estimate of drug-likeness (QED) is 0.846. The summed E-state index contributed by atoms with van der Waals surface area (Å²) in [5.41, 5.74) is 0.959. The molecule has 0 amide bonds. The highest BCUT2D eigenvalue weighted by atomic mass is 79.9. The van der Waals surface area contributed by atoms with Crippen LogP contribution < -0.4 is 0 Å². The lowest BCUT2D eigenvalue weighted by Crippen LogP contribution is -2.30. The second kappa shape index (κ2) is 3.81. The van der Waals surface area contributed by atoms with Crippen molar-refractivity contribution in [3.63, 3.8) is 0 Å². The highest BCUT2D eigenvalue weighted by molar-refractivity contribution is 9.10. The molecular weight excluding hydrogens is 228 g/mol. The van der Waals surface area contributed by atoms with Gasteiger partial charge in [-0.25, -0.2) is 0 Å². The summed E-state index contributed by atoms with van der Waals surface area (Å²) in [6.45, 7) is 5.90. The largest absolute Gasteiger partial charge is 0.393 e. The van der Waals surface area contributed by atoms with E-state index < -0.39 is 0 Å². The number of aliphatic hydroxyl groups excluding tert-OH is 1. The fourth-order valence-electron chi connectivity index (χ4n) is 1.13. The molecule has 1 nitrogen and oxygen atoms in total. The molecule has 1 aromatic rings. The van der Waals surface area contributed by atoms with Gasteiger partial charge in [-0.3, -0.25) is 0 Å². The van der Waals surface area contributed by atoms with E-state index in [1.807, 2.05) is 45.0 Å². The fourth-order valence-corrected chi connectivity index (χ4v) is 1.53. The predicted octanol–water partition coefficient (Wildman–Crippen LogP) is 3.11. The van der Waals surface area contributed by atoms with E-state index in [-0.39, 0.29) is 11.5 Å². The van der Waals surface area contributed by atoms with E-state index >= 15 is 0 Å². The molecule has 0 bridgehead atoms. The summed E-state index contributed by atoms with van der Waals surface area (Å²) in [6.07, 6.45) is -0.346. The van der Waals surface area contributed by atoms with Gasteiger partial charge in [0.25, 0.3) is 0 Å². The molecule has 0 aliphatic heterocycles. The minimum atomic E-state index is -0.346. The molecule has 2 heteroatoms. The average Bonchev–Trinajstić information content (AvgIpc) is 2.04. The summed E-state index contributed by atoms with van der Waals surface area (Å²) in [6, 6.07) is 8.06. The van der Waals surface area contributed by atoms with Crippen LogP contribution in [-0.4, -0.2) is 11.2 Å². The van der Waals surface area contributed by atoms with Gasteiger partial charge in [0, 0.05) is 9.89 Å². The van der Waals surface area contributed by atoms with E-state index in [4.69, 9.17) is 0 Å². The first kappa shape index (κ1) is 10.7. The second-order valence-electron chi connectivity index (χ2n) is 3.91. The van der Waals surface area contributed by atoms with Gasteiger partial charge in [-0.2, -0.15) is 0 Å². The van der Waals surface area contributed by atoms with E-state index in [0.29, 0.717) is 0 Å². The molecule has 0 saturated carbocycles. The van der Waals surface area contributed by atoms with Crippen molar-refractivity contribution in [2.75, 3.05) is 0 Å². The molecule has 0 aromatic heterocycles. The van der Waals surface area contributed by atoms with Crippen molar-refractivity contribution in [3.8, 4) is 0 Å². The van der Waals surface area contributed by atoms with Crippen molar-refractivity contribution in [2.45, 2.75) is 32.3 Å². The van der Waals surface area contributed by atoms with Gasteiger partial charge in [0.05, 0.1) is 6.10 Å². The Hall–Kier alpha value is -0.340. The third-order valence-corrected chi connectivity index (χ3v) is 3.11. The Morgan fingerprint density at radius 1 is 1.38 bits per heavy atom. The molecule has 0 heterocycles. The Morgan fingerprint density at radius 2 is 2.00 bits per heavy atom. The molecule has 72 valence electrons. The van der Waals surface area contributed by atoms with Gasteiger partial charge in [0.2, 0.25) is 0 Å². The number of halogens is 1. The predicted molar refractivity (Wildman–Crippen MR) is 58.8 cm³/mol. The van der Waals surface area contributed by atoms with Crippen LogP contribution in [0.5, 0.6) is 0 Å². The lowest BCUT2D eigenvalue weighted by Gasteiger charge is -2.28. The van der Waals surface area contributed by atoms with Gasteiger partial charge in [0.1, 0.15) is 0 Å². The van der Waals surface area contributed by atoms with E-state index in [1.54, 1.807) is 0 Å². The van der Waals surface area contributed by atoms with Crippen LogP contribution in [0.1, 0.15) is 26.3 Å². The third kappa shape index (κ3) is 2.32. The van der Waals surface area contributed by atoms with Gasteiger partial charge < -0.3 is 5.11 Å². The molecule has 0 radical (unpaired) electrons. The number of hydrogen-bond donors (Lipinski definition) is 1. The summed E-state index contributed by atoms with van der Waals surface area (Å²) in [4.78, 5) is 0. The molecular formula is C11H15BrO. The molecule has 1 atom stereocenters. The summed E-state index contributed by atoms with van der Waals surface area (Å²) in [5.74, 6) is 0. The van der Waals surface area contributed by atoms with Crippen molar-refractivity contribution in [2.24, 2.45) is 0 Å². The lowest BCUT2D eigenvalue weighted by molar-refractivity contribution is 0.118. The zero-order valence-electron chi connectivity index (χ0n) is 8.21. The topological polar surface area (TPSA) is 20.2 Å². The number of aliphatic hydroxyl groups is 1. The standard InChI is InChI=1S/C11H15BrO/c1-8(13)11(2,3)9-5-4-6-10(12)7-9/h4-8,13H,1-3H3. The Bertz CT molecular complexity index is 292. The van der Waals surface area contributed by atoms with Gasteiger partial charge in [-0.1, -0.05) is 41.9 Å². The van der Waals surface area contributed by atoms with Gasteiger partial charge in [-0.05, 0) is 24.6 Å². The van der Waals surface area contributed by atoms with Crippen LogP contribution >= 0.6 is 15.9 Å². The third-order valence-electron chi connectivity index (χ3n) is 2.61. The maximum absolute atomic E-state index is 9.61. The minimum absolute atomic E-state index is 0.191. The maximum Gasteiger partial charge on any atom is 0.0603 e. The van der Waals surface area contributed by atoms with Crippen LogP contribution in [-0.2, 0) is 5.41 Å². The molecule has 0 saturated heterocycles. The highest BCUT2D eigenvalue weighted by Crippen LogP contribution is 2.28. The van der Waals surface area contributed by atoms with Gasteiger partial charge >= 0.3 is 0 Å². The Kier molecular flexibility index (Phi) is 3.14. The number of hydrogen-bond acceptors (Lipinski definition) is 1. The van der Waals surface area contributed by atoms with Crippen LogP contribution in [0.3, 0.4) is 0 Å². The first-order chi connectivity index (χ1) is 5.94. The number of rotatable bonds is 2. The van der Waals surface area contributed by atoms with Crippen molar-refractivity contribution in [3.05, 3.63) is 34.3 Å². The van der Waals surface area contributed by atoms with Crippen molar-refractivity contribution in [1.29, 1.82) is 0 Å². The first-order valence-corrected chi connectivity index (χ1v) is 5.18. The van der Waals surface area contributed by atoms with Crippen molar-refractivity contribution in [1.82, 2.24) is 0 Å². The van der Waals surface area contributed by atoms with Crippen LogP contribution in [0, 0.1) is 0 Å².